The molecule has 204 valence electrons. The fourth-order valence-corrected chi connectivity index (χ4v) is 3.96. The van der Waals surface area contributed by atoms with Crippen molar-refractivity contribution in [2.45, 2.75) is 13.8 Å². The monoisotopic (exact) mass is 542 g/mol. The number of anilines is 2. The van der Waals surface area contributed by atoms with E-state index < -0.39 is 5.91 Å². The number of fused-ring (bicyclic) bond motifs is 1. The molecule has 0 fully saturated rings. The van der Waals surface area contributed by atoms with Crippen LogP contribution in [0, 0.1) is 6.92 Å². The van der Waals surface area contributed by atoms with Crippen LogP contribution in [0.15, 0.2) is 55.1 Å². The van der Waals surface area contributed by atoms with Crippen LogP contribution >= 0.6 is 0 Å². The van der Waals surface area contributed by atoms with Crippen molar-refractivity contribution >= 4 is 28.6 Å². The number of aryl methyl sites for hydroxylation is 1. The third-order valence-electron chi connectivity index (χ3n) is 5.83. The van der Waals surface area contributed by atoms with E-state index in [0.29, 0.717) is 58.1 Å². The number of aromatic nitrogens is 6. The van der Waals surface area contributed by atoms with E-state index in [9.17, 15) is 4.79 Å². The highest BCUT2D eigenvalue weighted by Crippen LogP contribution is 2.36. The normalized spacial score (nSPS) is 10.8. The van der Waals surface area contributed by atoms with Gasteiger partial charge in [-0.25, -0.2) is 19.6 Å². The van der Waals surface area contributed by atoms with Crippen molar-refractivity contribution in [1.29, 1.82) is 0 Å². The lowest BCUT2D eigenvalue weighted by molar-refractivity contribution is 0.101. The van der Waals surface area contributed by atoms with Crippen molar-refractivity contribution in [1.82, 2.24) is 29.7 Å². The number of nitrogens with one attached hydrogen (secondary N) is 1. The average Bonchev–Trinajstić information content (AvgIpc) is 3.37. The lowest BCUT2D eigenvalue weighted by Gasteiger charge is -2.12. The summed E-state index contributed by atoms with van der Waals surface area (Å²) in [6.45, 7) is 3.93. The zero-order valence-electron chi connectivity index (χ0n) is 22.2. The van der Waals surface area contributed by atoms with E-state index in [0.717, 1.165) is 5.39 Å². The van der Waals surface area contributed by atoms with E-state index in [1.807, 2.05) is 6.92 Å². The number of benzene rings is 1. The second-order valence-corrected chi connectivity index (χ2v) is 8.39. The highest BCUT2D eigenvalue weighted by Gasteiger charge is 2.21. The molecule has 4 aromatic heterocycles. The number of nitrogens with two attached hydrogens (primary N) is 1. The molecule has 5 aromatic rings. The first-order valence-corrected chi connectivity index (χ1v) is 12.2. The molecule has 0 saturated carbocycles. The first-order valence-electron chi connectivity index (χ1n) is 12.2. The van der Waals surface area contributed by atoms with Crippen LogP contribution in [0.2, 0.25) is 0 Å². The van der Waals surface area contributed by atoms with Crippen LogP contribution in [0.1, 0.15) is 23.1 Å². The van der Waals surface area contributed by atoms with Crippen LogP contribution in [0.25, 0.3) is 16.6 Å². The molecule has 0 aliphatic heterocycles. The molecular weight excluding hydrogens is 516 g/mol. The Bertz CT molecular complexity index is 1690. The third-order valence-corrected chi connectivity index (χ3v) is 5.83. The van der Waals surface area contributed by atoms with Crippen LogP contribution in [-0.4, -0.2) is 56.5 Å². The van der Waals surface area contributed by atoms with Crippen molar-refractivity contribution < 1.29 is 23.7 Å². The molecule has 1 amide bonds. The van der Waals surface area contributed by atoms with Gasteiger partial charge in [0.2, 0.25) is 5.95 Å². The zero-order valence-corrected chi connectivity index (χ0v) is 22.2. The standard InChI is InChI=1S/C27H26N8O5/c1-5-39-23-14-35(19-13-31-27(28)32-15(19)2)34-25(23)26(36)33-24-7-6-16(12-30-24)40-20-8-9-29-18-11-22(38-4)21(37-3)10-17(18)20/h6-14H,5H2,1-4H3,(H2,28,31,32)(H,30,33,36). The summed E-state index contributed by atoms with van der Waals surface area (Å²) in [5, 5.41) is 7.87. The summed E-state index contributed by atoms with van der Waals surface area (Å²) >= 11 is 0. The maximum Gasteiger partial charge on any atom is 0.281 e. The predicted molar refractivity (Wildman–Crippen MR) is 147 cm³/mol. The Balaban J connectivity index is 1.35. The minimum Gasteiger partial charge on any atom is -0.493 e. The van der Waals surface area contributed by atoms with E-state index in [1.54, 1.807) is 63.9 Å². The van der Waals surface area contributed by atoms with Gasteiger partial charge >= 0.3 is 0 Å². The fraction of sp³-hybridized carbons (Fsp3) is 0.185. The minimum atomic E-state index is -0.501. The average molecular weight is 543 g/mol. The number of carbonyl (C=O) groups excluding carboxylic acids is 1. The molecule has 13 heteroatoms. The Morgan fingerprint density at radius 1 is 1.00 bits per heavy atom. The summed E-state index contributed by atoms with van der Waals surface area (Å²) in [6, 6.07) is 8.62. The molecule has 40 heavy (non-hydrogen) atoms. The fourth-order valence-electron chi connectivity index (χ4n) is 3.96. The van der Waals surface area contributed by atoms with E-state index >= 15 is 0 Å². The van der Waals surface area contributed by atoms with Gasteiger partial charge in [-0.05, 0) is 38.1 Å². The maximum atomic E-state index is 13.1. The predicted octanol–water partition coefficient (Wildman–Crippen LogP) is 3.96. The third kappa shape index (κ3) is 5.25. The van der Waals surface area contributed by atoms with Crippen molar-refractivity contribution in [3.05, 3.63) is 66.5 Å². The molecule has 3 N–H and O–H groups in total. The molecular formula is C27H26N8O5. The molecule has 0 unspecified atom stereocenters. The molecule has 4 heterocycles. The van der Waals surface area contributed by atoms with Crippen molar-refractivity contribution in [3.63, 3.8) is 0 Å². The Labute approximate surface area is 228 Å². The summed E-state index contributed by atoms with van der Waals surface area (Å²) in [5.41, 5.74) is 7.57. The lowest BCUT2D eigenvalue weighted by atomic mass is 10.2. The Morgan fingerprint density at radius 2 is 1.80 bits per heavy atom. The highest BCUT2D eigenvalue weighted by molar-refractivity contribution is 6.04. The summed E-state index contributed by atoms with van der Waals surface area (Å²) in [4.78, 5) is 30.0. The van der Waals surface area contributed by atoms with Crippen LogP contribution in [0.5, 0.6) is 28.7 Å². The number of ether oxygens (including phenoxy) is 4. The van der Waals surface area contributed by atoms with Crippen LogP contribution < -0.4 is 30.0 Å². The number of nitrogen functional groups attached to an aromatic ring is 1. The maximum absolute atomic E-state index is 13.1. The SMILES string of the molecule is CCOc1cn(-c2cnc(N)nc2C)nc1C(=O)Nc1ccc(Oc2ccnc3cc(OC)c(OC)cc23)cn1. The van der Waals surface area contributed by atoms with Gasteiger partial charge in [-0.2, -0.15) is 5.10 Å². The van der Waals surface area contributed by atoms with Gasteiger partial charge < -0.3 is 30.0 Å². The van der Waals surface area contributed by atoms with Crippen LogP contribution in [0.3, 0.4) is 0 Å². The summed E-state index contributed by atoms with van der Waals surface area (Å²) in [7, 11) is 3.13. The molecule has 0 atom stereocenters. The van der Waals surface area contributed by atoms with Gasteiger partial charge in [-0.3, -0.25) is 9.78 Å². The smallest absolute Gasteiger partial charge is 0.281 e. The van der Waals surface area contributed by atoms with E-state index in [2.05, 4.69) is 30.4 Å². The number of nitrogens with zero attached hydrogens (tertiary/aromatic N) is 6. The van der Waals surface area contributed by atoms with Crippen molar-refractivity contribution in [2.24, 2.45) is 0 Å². The molecule has 5 rings (SSSR count). The number of hydrogen-bond acceptors (Lipinski definition) is 11. The second-order valence-electron chi connectivity index (χ2n) is 8.39. The lowest BCUT2D eigenvalue weighted by Crippen LogP contribution is -2.15. The summed E-state index contributed by atoms with van der Waals surface area (Å²) in [6.07, 6.45) is 6.26. The van der Waals surface area contributed by atoms with Gasteiger partial charge in [0.25, 0.3) is 5.91 Å². The zero-order chi connectivity index (χ0) is 28.2. The molecule has 0 bridgehead atoms. The molecule has 0 spiro atoms. The molecule has 13 nitrogen and oxygen atoms in total. The van der Waals surface area contributed by atoms with Crippen molar-refractivity contribution in [3.8, 4) is 34.4 Å². The Kier molecular flexibility index (Phi) is 7.27. The summed E-state index contributed by atoms with van der Waals surface area (Å²) in [5.74, 6) is 2.37. The quantitative estimate of drug-likeness (QED) is 0.277. The van der Waals surface area contributed by atoms with Gasteiger partial charge in [0.15, 0.2) is 22.9 Å². The number of hydrogen-bond donors (Lipinski definition) is 2. The topological polar surface area (TPSA) is 161 Å². The molecule has 1 aromatic carbocycles. The number of pyridine rings is 2. The number of rotatable bonds is 9. The molecule has 0 aliphatic rings. The molecule has 0 saturated heterocycles. The highest BCUT2D eigenvalue weighted by atomic mass is 16.5. The van der Waals surface area contributed by atoms with Crippen molar-refractivity contribution in [2.75, 3.05) is 31.9 Å². The number of amides is 1. The van der Waals surface area contributed by atoms with Gasteiger partial charge in [0, 0.05) is 17.6 Å². The number of carbonyl (C=O) groups is 1. The largest absolute Gasteiger partial charge is 0.493 e. The summed E-state index contributed by atoms with van der Waals surface area (Å²) < 4.78 is 24.0. The minimum absolute atomic E-state index is 0.0767. The Morgan fingerprint density at radius 3 is 2.50 bits per heavy atom. The first-order chi connectivity index (χ1) is 19.4. The van der Waals surface area contributed by atoms with E-state index in [-0.39, 0.29) is 11.6 Å². The van der Waals surface area contributed by atoms with E-state index in [4.69, 9.17) is 24.7 Å². The van der Waals surface area contributed by atoms with Gasteiger partial charge in [-0.1, -0.05) is 0 Å². The Hall–Kier alpha value is -5.46. The van der Waals surface area contributed by atoms with Crippen LogP contribution in [-0.2, 0) is 0 Å². The van der Waals surface area contributed by atoms with Crippen LogP contribution in [0.4, 0.5) is 11.8 Å². The van der Waals surface area contributed by atoms with Gasteiger partial charge in [-0.15, -0.1) is 0 Å². The van der Waals surface area contributed by atoms with Gasteiger partial charge in [0.05, 0.1) is 50.6 Å². The van der Waals surface area contributed by atoms with E-state index in [1.165, 1.54) is 17.1 Å². The number of methoxy groups -OCH3 is 2. The first kappa shape index (κ1) is 26.2. The molecule has 0 radical (unpaired) electrons. The molecule has 0 aliphatic carbocycles. The van der Waals surface area contributed by atoms with Gasteiger partial charge in [0.1, 0.15) is 23.0 Å². The second kappa shape index (κ2) is 11.1.